The van der Waals surface area contributed by atoms with Gasteiger partial charge in [0.1, 0.15) is 11.7 Å². The van der Waals surface area contributed by atoms with Crippen LogP contribution >= 0.6 is 47.0 Å². The number of ether oxygens (including phenoxy) is 1. The van der Waals surface area contributed by atoms with Crippen LogP contribution in [0.1, 0.15) is 18.5 Å². The van der Waals surface area contributed by atoms with Crippen LogP contribution in [0, 0.1) is 5.92 Å². The molecule has 0 saturated carbocycles. The highest BCUT2D eigenvalue weighted by Gasteiger charge is 2.59. The van der Waals surface area contributed by atoms with E-state index < -0.39 is 17.7 Å². The molecule has 1 saturated heterocycles. The molecule has 2 heterocycles. The van der Waals surface area contributed by atoms with E-state index in [9.17, 15) is 4.79 Å². The Morgan fingerprint density at radius 2 is 1.61 bits per heavy atom. The Morgan fingerprint density at radius 1 is 1.00 bits per heavy atom. The highest BCUT2D eigenvalue weighted by molar-refractivity contribution is 7.80. The fourth-order valence-corrected chi connectivity index (χ4v) is 5.33. The van der Waals surface area contributed by atoms with Crippen molar-refractivity contribution in [3.8, 4) is 5.75 Å². The molecule has 3 atom stereocenters. The van der Waals surface area contributed by atoms with Gasteiger partial charge in [0.25, 0.3) is 0 Å². The fraction of sp³-hybridized carbons (Fsp3) is 0.167. The number of benzene rings is 3. The number of rotatable bonds is 3. The SMILES string of the molecule is C[C@]12Oc3ccc(Cl)cc3[C@@H](NC(=S)N1c1ccc(Cl)cc1)[C@@H]2C(=O)Nc1ccc(Cl)cc1. The van der Waals surface area contributed by atoms with Crippen molar-refractivity contribution in [2.24, 2.45) is 5.92 Å². The van der Waals surface area contributed by atoms with Crippen molar-refractivity contribution in [1.29, 1.82) is 0 Å². The Labute approximate surface area is 211 Å². The normalized spacial score (nSPS) is 23.3. The number of anilines is 2. The van der Waals surface area contributed by atoms with Crippen molar-refractivity contribution >= 4 is 69.4 Å². The van der Waals surface area contributed by atoms with Gasteiger partial charge in [-0.05, 0) is 85.9 Å². The molecular formula is C24H18Cl3N3O2S. The summed E-state index contributed by atoms with van der Waals surface area (Å²) in [6, 6.07) is 19.1. The second-order valence-corrected chi connectivity index (χ2v) is 9.75. The van der Waals surface area contributed by atoms with E-state index in [0.717, 1.165) is 11.3 Å². The van der Waals surface area contributed by atoms with E-state index in [1.54, 1.807) is 48.5 Å². The molecule has 1 fully saturated rings. The van der Waals surface area contributed by atoms with Crippen molar-refractivity contribution in [2.45, 2.75) is 18.7 Å². The van der Waals surface area contributed by atoms with Crippen molar-refractivity contribution in [2.75, 3.05) is 10.2 Å². The summed E-state index contributed by atoms with van der Waals surface area (Å²) in [5, 5.41) is 8.51. The molecule has 5 rings (SSSR count). The van der Waals surface area contributed by atoms with Gasteiger partial charge in [0, 0.05) is 32.0 Å². The Morgan fingerprint density at radius 3 is 2.27 bits per heavy atom. The van der Waals surface area contributed by atoms with Crippen LogP contribution in [-0.2, 0) is 4.79 Å². The first-order valence-electron chi connectivity index (χ1n) is 10.2. The Bertz CT molecular complexity index is 1250. The summed E-state index contributed by atoms with van der Waals surface area (Å²) in [6.45, 7) is 1.87. The van der Waals surface area contributed by atoms with Crippen LogP contribution in [0.3, 0.4) is 0 Å². The van der Waals surface area contributed by atoms with Crippen LogP contribution in [0.15, 0.2) is 66.7 Å². The molecule has 5 nitrogen and oxygen atoms in total. The largest absolute Gasteiger partial charge is 0.467 e. The molecule has 1 amide bonds. The second kappa shape index (κ2) is 8.37. The molecule has 0 unspecified atom stereocenters. The maximum atomic E-state index is 13.7. The number of carbonyl (C=O) groups is 1. The summed E-state index contributed by atoms with van der Waals surface area (Å²) in [5.41, 5.74) is 1.02. The van der Waals surface area contributed by atoms with Crippen LogP contribution in [-0.4, -0.2) is 16.7 Å². The number of nitrogens with one attached hydrogen (secondary N) is 2. The van der Waals surface area contributed by atoms with Crippen molar-refractivity contribution < 1.29 is 9.53 Å². The van der Waals surface area contributed by atoms with E-state index in [1.807, 2.05) is 30.0 Å². The van der Waals surface area contributed by atoms with Gasteiger partial charge >= 0.3 is 0 Å². The van der Waals surface area contributed by atoms with Gasteiger partial charge in [-0.25, -0.2) is 0 Å². The second-order valence-electron chi connectivity index (χ2n) is 8.05. The van der Waals surface area contributed by atoms with Gasteiger partial charge in [-0.1, -0.05) is 34.8 Å². The summed E-state index contributed by atoms with van der Waals surface area (Å²) >= 11 is 24.1. The van der Waals surface area contributed by atoms with E-state index in [1.165, 1.54) is 0 Å². The summed E-state index contributed by atoms with van der Waals surface area (Å²) in [5.74, 6) is -0.276. The van der Waals surface area contributed by atoms with E-state index >= 15 is 0 Å². The maximum Gasteiger partial charge on any atom is 0.236 e. The Kier molecular flexibility index (Phi) is 5.65. The van der Waals surface area contributed by atoms with Gasteiger partial charge in [0.15, 0.2) is 10.8 Å². The first kappa shape index (κ1) is 22.3. The molecule has 2 bridgehead atoms. The molecule has 3 aromatic rings. The minimum atomic E-state index is -1.13. The molecule has 2 N–H and O–H groups in total. The van der Waals surface area contributed by atoms with E-state index in [4.69, 9.17) is 51.8 Å². The van der Waals surface area contributed by atoms with Crippen LogP contribution in [0.25, 0.3) is 0 Å². The van der Waals surface area contributed by atoms with E-state index in [-0.39, 0.29) is 5.91 Å². The molecule has 0 radical (unpaired) electrons. The maximum absolute atomic E-state index is 13.7. The lowest BCUT2D eigenvalue weighted by molar-refractivity contribution is -0.130. The van der Waals surface area contributed by atoms with E-state index in [0.29, 0.717) is 31.6 Å². The highest BCUT2D eigenvalue weighted by Crippen LogP contribution is 2.50. The number of fused-ring (bicyclic) bond motifs is 4. The predicted molar refractivity (Wildman–Crippen MR) is 136 cm³/mol. The van der Waals surface area contributed by atoms with Crippen LogP contribution in [0.2, 0.25) is 15.1 Å². The van der Waals surface area contributed by atoms with Crippen molar-refractivity contribution in [3.63, 3.8) is 0 Å². The molecule has 9 heteroatoms. The fourth-order valence-electron chi connectivity index (χ4n) is 4.49. The average molecular weight is 519 g/mol. The number of carbonyl (C=O) groups excluding carboxylic acids is 1. The molecule has 0 spiro atoms. The highest BCUT2D eigenvalue weighted by atomic mass is 35.5. The molecule has 2 aliphatic rings. The molecule has 2 aliphatic heterocycles. The smallest absolute Gasteiger partial charge is 0.236 e. The minimum Gasteiger partial charge on any atom is -0.467 e. The molecule has 0 aromatic heterocycles. The summed E-state index contributed by atoms with van der Waals surface area (Å²) in [6.07, 6.45) is 0. The first-order valence-corrected chi connectivity index (χ1v) is 11.7. The Hall–Kier alpha value is -2.51. The van der Waals surface area contributed by atoms with Gasteiger partial charge < -0.3 is 15.4 Å². The lowest BCUT2D eigenvalue weighted by Crippen LogP contribution is -2.72. The quantitative estimate of drug-likeness (QED) is 0.391. The van der Waals surface area contributed by atoms with Gasteiger partial charge in [-0.15, -0.1) is 0 Å². The lowest BCUT2D eigenvalue weighted by atomic mass is 9.78. The number of hydrogen-bond donors (Lipinski definition) is 2. The molecule has 0 aliphatic carbocycles. The summed E-state index contributed by atoms with van der Waals surface area (Å²) in [7, 11) is 0. The number of amides is 1. The number of thiocarbonyl (C=S) groups is 1. The number of halogens is 3. The van der Waals surface area contributed by atoms with Crippen molar-refractivity contribution in [3.05, 3.63) is 87.4 Å². The average Bonchev–Trinajstić information content (AvgIpc) is 2.77. The Balaban J connectivity index is 1.62. The third-order valence-corrected chi connectivity index (χ3v) is 6.98. The lowest BCUT2D eigenvalue weighted by Gasteiger charge is -2.56. The standard InChI is InChI=1S/C24H18Cl3N3O2S/c1-24-20(22(31)28-16-7-2-13(25)3-8-16)21(18-12-15(27)6-11-19(18)32-24)29-23(33)30(24)17-9-4-14(26)5-10-17/h2-12,20-21H,1H3,(H,28,31)(H,29,33)/t20-,21-,24-/m1/s1. The van der Waals surface area contributed by atoms with Crippen LogP contribution < -0.4 is 20.3 Å². The summed E-state index contributed by atoms with van der Waals surface area (Å²) in [4.78, 5) is 15.5. The predicted octanol–water partition coefficient (Wildman–Crippen LogP) is 6.45. The van der Waals surface area contributed by atoms with Crippen LogP contribution in [0.5, 0.6) is 5.75 Å². The third kappa shape index (κ3) is 3.91. The van der Waals surface area contributed by atoms with Gasteiger partial charge in [-0.3, -0.25) is 9.69 Å². The van der Waals surface area contributed by atoms with Gasteiger partial charge in [-0.2, -0.15) is 0 Å². The minimum absolute atomic E-state index is 0.232. The first-order chi connectivity index (χ1) is 15.8. The summed E-state index contributed by atoms with van der Waals surface area (Å²) < 4.78 is 6.53. The molecule has 3 aromatic carbocycles. The van der Waals surface area contributed by atoms with Gasteiger partial charge in [0.2, 0.25) is 5.91 Å². The van der Waals surface area contributed by atoms with E-state index in [2.05, 4.69) is 10.6 Å². The zero-order valence-corrected chi connectivity index (χ0v) is 20.4. The molecular weight excluding hydrogens is 501 g/mol. The molecule has 33 heavy (non-hydrogen) atoms. The zero-order chi connectivity index (χ0) is 23.3. The van der Waals surface area contributed by atoms with Crippen molar-refractivity contribution in [1.82, 2.24) is 5.32 Å². The third-order valence-electron chi connectivity index (χ3n) is 5.94. The van der Waals surface area contributed by atoms with Gasteiger partial charge in [0.05, 0.1) is 6.04 Å². The molecule has 168 valence electrons. The van der Waals surface area contributed by atoms with Crippen LogP contribution in [0.4, 0.5) is 11.4 Å². The monoisotopic (exact) mass is 517 g/mol. The zero-order valence-electron chi connectivity index (χ0n) is 17.3. The number of nitrogens with zero attached hydrogens (tertiary/aromatic N) is 1. The number of hydrogen-bond acceptors (Lipinski definition) is 3. The topological polar surface area (TPSA) is 53.6 Å².